The number of aliphatic hydroxyl groups excluding tert-OH is 2. The molecule has 2 rings (SSSR count). The van der Waals surface area contributed by atoms with Crippen LogP contribution in [0.25, 0.3) is 0 Å². The number of hydrogen-bond donors (Lipinski definition) is 2. The van der Waals surface area contributed by atoms with Crippen LogP contribution in [0.1, 0.15) is 46.0 Å². The van der Waals surface area contributed by atoms with E-state index in [0.29, 0.717) is 11.8 Å². The van der Waals surface area contributed by atoms with Crippen LogP contribution in [0.15, 0.2) is 24.3 Å². The summed E-state index contributed by atoms with van der Waals surface area (Å²) in [4.78, 5) is 0. The van der Waals surface area contributed by atoms with Crippen molar-refractivity contribution in [2.24, 2.45) is 22.7 Å². The van der Waals surface area contributed by atoms with Gasteiger partial charge in [-0.3, -0.25) is 0 Å². The van der Waals surface area contributed by atoms with Gasteiger partial charge in [0.1, 0.15) is 0 Å². The minimum atomic E-state index is -0.428. The molecule has 5 atom stereocenters. The number of rotatable bonds is 3. The van der Waals surface area contributed by atoms with Crippen LogP contribution in [0.3, 0.4) is 0 Å². The molecule has 2 saturated carbocycles. The van der Waals surface area contributed by atoms with Gasteiger partial charge in [0, 0.05) is 11.5 Å². The zero-order chi connectivity index (χ0) is 15.7. The molecule has 2 N–H and O–H groups in total. The Hall–Kier alpha value is -1.11. The van der Waals surface area contributed by atoms with E-state index in [1.165, 1.54) is 5.57 Å². The van der Waals surface area contributed by atoms with Gasteiger partial charge in [-0.25, -0.2) is 0 Å². The first-order chi connectivity index (χ1) is 9.90. The Kier molecular flexibility index (Phi) is 4.60. The molecule has 0 aromatic heterocycles. The van der Waals surface area contributed by atoms with Crippen molar-refractivity contribution in [3.63, 3.8) is 0 Å². The Morgan fingerprint density at radius 3 is 2.76 bits per heavy atom. The molecule has 21 heavy (non-hydrogen) atoms. The third-order valence-corrected chi connectivity index (χ3v) is 6.26. The largest absolute Gasteiger partial charge is 0.396 e. The molecule has 0 heterocycles. The molecule has 0 aromatic carbocycles. The van der Waals surface area contributed by atoms with Crippen LogP contribution in [-0.4, -0.2) is 22.9 Å². The molecule has 0 spiro atoms. The molecule has 2 aliphatic carbocycles. The van der Waals surface area contributed by atoms with Gasteiger partial charge in [-0.05, 0) is 49.4 Å². The lowest BCUT2D eigenvalue weighted by atomic mass is 9.46. The van der Waals surface area contributed by atoms with Crippen LogP contribution in [0.5, 0.6) is 0 Å². The normalized spacial score (nSPS) is 43.6. The Labute approximate surface area is 128 Å². The zero-order valence-electron chi connectivity index (χ0n) is 13.2. The van der Waals surface area contributed by atoms with Gasteiger partial charge in [0.15, 0.2) is 0 Å². The van der Waals surface area contributed by atoms with Crippen molar-refractivity contribution in [1.29, 1.82) is 5.26 Å². The molecule has 0 bridgehead atoms. The molecule has 0 saturated heterocycles. The molecule has 3 nitrogen and oxygen atoms in total. The van der Waals surface area contributed by atoms with Crippen LogP contribution < -0.4 is 0 Å². The summed E-state index contributed by atoms with van der Waals surface area (Å²) in [5.74, 6) is 0.629. The molecular formula is C18H27NO2. The van der Waals surface area contributed by atoms with Crippen LogP contribution >= 0.6 is 0 Å². The summed E-state index contributed by atoms with van der Waals surface area (Å²) in [6.07, 6.45) is 7.51. The molecule has 0 radical (unpaired) electrons. The van der Waals surface area contributed by atoms with Gasteiger partial charge in [-0.1, -0.05) is 32.1 Å². The Bertz CT molecular complexity index is 478. The highest BCUT2D eigenvalue weighted by molar-refractivity contribution is 5.19. The number of nitrogens with zero attached hydrogens (tertiary/aromatic N) is 1. The molecule has 0 aliphatic heterocycles. The first-order valence-electron chi connectivity index (χ1n) is 7.91. The second-order valence-corrected chi connectivity index (χ2v) is 7.29. The van der Waals surface area contributed by atoms with E-state index in [1.54, 1.807) is 6.08 Å². The number of nitriles is 1. The van der Waals surface area contributed by atoms with Crippen LogP contribution in [0.4, 0.5) is 0 Å². The smallest absolute Gasteiger partial charge is 0.0908 e. The maximum Gasteiger partial charge on any atom is 0.0908 e. The molecule has 2 aliphatic rings. The van der Waals surface area contributed by atoms with Crippen molar-refractivity contribution in [2.75, 3.05) is 6.61 Å². The lowest BCUT2D eigenvalue weighted by Crippen LogP contribution is -2.57. The van der Waals surface area contributed by atoms with Gasteiger partial charge < -0.3 is 10.2 Å². The maximum absolute atomic E-state index is 10.4. The van der Waals surface area contributed by atoms with Gasteiger partial charge in [0.05, 0.1) is 18.8 Å². The maximum atomic E-state index is 10.4. The Balaban J connectivity index is 2.34. The summed E-state index contributed by atoms with van der Waals surface area (Å²) in [6, 6.07) is 2.05. The minimum Gasteiger partial charge on any atom is -0.396 e. The van der Waals surface area contributed by atoms with Gasteiger partial charge in [0.2, 0.25) is 0 Å². The van der Waals surface area contributed by atoms with E-state index in [1.807, 2.05) is 13.0 Å². The van der Waals surface area contributed by atoms with E-state index in [9.17, 15) is 10.2 Å². The fourth-order valence-corrected chi connectivity index (χ4v) is 4.89. The molecule has 116 valence electrons. The SMILES string of the molecule is C=C1CC[C@@H]2[C@](C)(CO)[C@H](O)CC[C@@]2(C)[C@@H]1C/C=C/C#N. The topological polar surface area (TPSA) is 64.2 Å². The number of fused-ring (bicyclic) bond motifs is 1. The highest BCUT2D eigenvalue weighted by Gasteiger charge is 2.57. The van der Waals surface area contributed by atoms with Crippen molar-refractivity contribution in [3.05, 3.63) is 24.3 Å². The predicted octanol–water partition coefficient (Wildman–Crippen LogP) is 3.20. The summed E-state index contributed by atoms with van der Waals surface area (Å²) in [5, 5.41) is 29.0. The average Bonchev–Trinajstić information content (AvgIpc) is 2.46. The summed E-state index contributed by atoms with van der Waals surface area (Å²) in [5.41, 5.74) is 0.879. The average molecular weight is 289 g/mol. The second-order valence-electron chi connectivity index (χ2n) is 7.29. The number of allylic oxidation sites excluding steroid dienone is 3. The van der Waals surface area contributed by atoms with E-state index in [-0.39, 0.29) is 12.0 Å². The predicted molar refractivity (Wildman–Crippen MR) is 83.3 cm³/mol. The van der Waals surface area contributed by atoms with E-state index < -0.39 is 11.5 Å². The molecular weight excluding hydrogens is 262 g/mol. The first kappa shape index (κ1) is 16.3. The fraction of sp³-hybridized carbons (Fsp3) is 0.722. The van der Waals surface area contributed by atoms with E-state index in [4.69, 9.17) is 5.26 Å². The van der Waals surface area contributed by atoms with Crippen LogP contribution in [0, 0.1) is 34.0 Å². The number of aliphatic hydroxyl groups is 2. The number of hydrogen-bond acceptors (Lipinski definition) is 3. The Morgan fingerprint density at radius 2 is 2.14 bits per heavy atom. The lowest BCUT2D eigenvalue weighted by molar-refractivity contribution is -0.151. The van der Waals surface area contributed by atoms with E-state index in [0.717, 1.165) is 32.1 Å². The molecule has 0 unspecified atom stereocenters. The minimum absolute atomic E-state index is 0.0294. The van der Waals surface area contributed by atoms with Gasteiger partial charge in [0.25, 0.3) is 0 Å². The first-order valence-corrected chi connectivity index (χ1v) is 7.91. The van der Waals surface area contributed by atoms with Crippen molar-refractivity contribution in [1.82, 2.24) is 0 Å². The highest BCUT2D eigenvalue weighted by atomic mass is 16.3. The Morgan fingerprint density at radius 1 is 1.43 bits per heavy atom. The van der Waals surface area contributed by atoms with Crippen molar-refractivity contribution in [3.8, 4) is 6.07 Å². The van der Waals surface area contributed by atoms with Gasteiger partial charge in [-0.2, -0.15) is 5.26 Å². The summed E-state index contributed by atoms with van der Waals surface area (Å²) in [7, 11) is 0. The monoisotopic (exact) mass is 289 g/mol. The van der Waals surface area contributed by atoms with Gasteiger partial charge >= 0.3 is 0 Å². The summed E-state index contributed by atoms with van der Waals surface area (Å²) >= 11 is 0. The fourth-order valence-electron chi connectivity index (χ4n) is 4.89. The standard InChI is InChI=1S/C18H27NO2/c1-13-7-8-15-17(2,14(13)6-4-5-11-19)10-9-16(21)18(15,3)12-20/h4-5,14-16,20-21H,1,6-10,12H2,2-3H3/b5-4+/t14-,15+,16-,17+,18+/m1/s1. The zero-order valence-corrected chi connectivity index (χ0v) is 13.2. The van der Waals surface area contributed by atoms with Crippen molar-refractivity contribution in [2.45, 2.75) is 52.1 Å². The van der Waals surface area contributed by atoms with E-state index in [2.05, 4.69) is 19.6 Å². The summed E-state index contributed by atoms with van der Waals surface area (Å²) < 4.78 is 0. The van der Waals surface area contributed by atoms with E-state index >= 15 is 0 Å². The van der Waals surface area contributed by atoms with Gasteiger partial charge in [-0.15, -0.1) is 0 Å². The highest BCUT2D eigenvalue weighted by Crippen LogP contribution is 2.61. The third-order valence-electron chi connectivity index (χ3n) is 6.26. The molecule has 2 fully saturated rings. The van der Waals surface area contributed by atoms with Crippen molar-refractivity contribution < 1.29 is 10.2 Å². The van der Waals surface area contributed by atoms with Crippen LogP contribution in [0.2, 0.25) is 0 Å². The third kappa shape index (κ3) is 2.56. The van der Waals surface area contributed by atoms with Crippen LogP contribution in [-0.2, 0) is 0 Å². The van der Waals surface area contributed by atoms with Crippen molar-refractivity contribution >= 4 is 0 Å². The molecule has 3 heteroatoms. The molecule has 0 amide bonds. The molecule has 0 aromatic rings. The summed E-state index contributed by atoms with van der Waals surface area (Å²) in [6.45, 7) is 8.60. The quantitative estimate of drug-likeness (QED) is 0.619. The second kappa shape index (κ2) is 5.94. The lowest BCUT2D eigenvalue weighted by Gasteiger charge is -2.59.